The molecule has 4 heteroatoms. The summed E-state index contributed by atoms with van der Waals surface area (Å²) in [5.74, 6) is 0.525. The second-order valence-corrected chi connectivity index (χ2v) is 4.92. The molecule has 0 aromatic heterocycles. The molecular weight excluding hydrogens is 245 g/mol. The van der Waals surface area contributed by atoms with Crippen molar-refractivity contribution >= 4 is 0 Å². The summed E-state index contributed by atoms with van der Waals surface area (Å²) in [6, 6.07) is 4.78. The van der Waals surface area contributed by atoms with Crippen LogP contribution in [0.4, 0.5) is 4.39 Å². The van der Waals surface area contributed by atoms with Crippen LogP contribution in [0.5, 0.6) is 5.75 Å². The minimum atomic E-state index is -0.230. The van der Waals surface area contributed by atoms with Crippen LogP contribution in [-0.2, 0) is 4.74 Å². The van der Waals surface area contributed by atoms with Crippen LogP contribution >= 0.6 is 0 Å². The average molecular weight is 267 g/mol. The Morgan fingerprint density at radius 1 is 1.53 bits per heavy atom. The SMILES string of the molecule is CCNC(C)c1cc(F)ccc1OC1CCCOC1. The van der Waals surface area contributed by atoms with E-state index in [4.69, 9.17) is 9.47 Å². The van der Waals surface area contributed by atoms with Crippen molar-refractivity contribution in [3.8, 4) is 5.75 Å². The van der Waals surface area contributed by atoms with Crippen molar-refractivity contribution in [2.24, 2.45) is 0 Å². The van der Waals surface area contributed by atoms with Gasteiger partial charge in [0.1, 0.15) is 17.7 Å². The molecule has 2 unspecified atom stereocenters. The summed E-state index contributed by atoms with van der Waals surface area (Å²) in [6.07, 6.45) is 2.09. The van der Waals surface area contributed by atoms with Gasteiger partial charge in [-0.15, -0.1) is 0 Å². The smallest absolute Gasteiger partial charge is 0.124 e. The largest absolute Gasteiger partial charge is 0.488 e. The molecule has 1 aliphatic rings. The molecule has 0 bridgehead atoms. The number of rotatable bonds is 5. The Morgan fingerprint density at radius 2 is 2.37 bits per heavy atom. The maximum Gasteiger partial charge on any atom is 0.124 e. The highest BCUT2D eigenvalue weighted by atomic mass is 19.1. The van der Waals surface area contributed by atoms with E-state index in [1.807, 2.05) is 13.8 Å². The van der Waals surface area contributed by atoms with Gasteiger partial charge in [-0.1, -0.05) is 6.92 Å². The maximum atomic E-state index is 13.4. The second-order valence-electron chi connectivity index (χ2n) is 4.92. The van der Waals surface area contributed by atoms with Gasteiger partial charge in [0.15, 0.2) is 0 Å². The zero-order chi connectivity index (χ0) is 13.7. The van der Waals surface area contributed by atoms with Gasteiger partial charge in [0.2, 0.25) is 0 Å². The maximum absolute atomic E-state index is 13.4. The lowest BCUT2D eigenvalue weighted by molar-refractivity contribution is 0.00683. The third-order valence-corrected chi connectivity index (χ3v) is 3.36. The molecule has 0 spiro atoms. The predicted octanol–water partition coefficient (Wildman–Crippen LogP) is 3.05. The third-order valence-electron chi connectivity index (χ3n) is 3.36. The fourth-order valence-electron chi connectivity index (χ4n) is 2.36. The Morgan fingerprint density at radius 3 is 3.05 bits per heavy atom. The predicted molar refractivity (Wildman–Crippen MR) is 73.0 cm³/mol. The van der Waals surface area contributed by atoms with E-state index in [1.54, 1.807) is 12.1 Å². The fourth-order valence-corrected chi connectivity index (χ4v) is 2.36. The molecule has 1 aliphatic heterocycles. The van der Waals surface area contributed by atoms with Crippen molar-refractivity contribution in [2.75, 3.05) is 19.8 Å². The lowest BCUT2D eigenvalue weighted by atomic mass is 10.1. The quantitative estimate of drug-likeness (QED) is 0.889. The first kappa shape index (κ1) is 14.3. The van der Waals surface area contributed by atoms with E-state index in [9.17, 15) is 4.39 Å². The molecule has 3 nitrogen and oxygen atoms in total. The first-order valence-corrected chi connectivity index (χ1v) is 6.98. The summed E-state index contributed by atoms with van der Waals surface area (Å²) in [4.78, 5) is 0. The summed E-state index contributed by atoms with van der Waals surface area (Å²) in [7, 11) is 0. The Labute approximate surface area is 114 Å². The number of hydrogen-bond donors (Lipinski definition) is 1. The number of nitrogens with one attached hydrogen (secondary N) is 1. The molecule has 106 valence electrons. The normalized spacial score (nSPS) is 21.1. The molecular formula is C15H22FNO2. The summed E-state index contributed by atoms with van der Waals surface area (Å²) in [5, 5.41) is 3.29. The van der Waals surface area contributed by atoms with E-state index in [-0.39, 0.29) is 18.0 Å². The fraction of sp³-hybridized carbons (Fsp3) is 0.600. The van der Waals surface area contributed by atoms with Crippen LogP contribution < -0.4 is 10.1 Å². The van der Waals surface area contributed by atoms with Crippen LogP contribution in [-0.4, -0.2) is 25.9 Å². The lowest BCUT2D eigenvalue weighted by Gasteiger charge is -2.26. The van der Waals surface area contributed by atoms with Crippen molar-refractivity contribution in [2.45, 2.75) is 38.8 Å². The van der Waals surface area contributed by atoms with Gasteiger partial charge in [-0.3, -0.25) is 0 Å². The molecule has 1 fully saturated rings. The van der Waals surface area contributed by atoms with Crippen molar-refractivity contribution in [3.63, 3.8) is 0 Å². The molecule has 0 aliphatic carbocycles. The van der Waals surface area contributed by atoms with Crippen LogP contribution in [0.15, 0.2) is 18.2 Å². The highest BCUT2D eigenvalue weighted by molar-refractivity contribution is 5.36. The Kier molecular flexibility index (Phi) is 5.16. The molecule has 1 heterocycles. The van der Waals surface area contributed by atoms with Gasteiger partial charge >= 0.3 is 0 Å². The summed E-state index contributed by atoms with van der Waals surface area (Å²) >= 11 is 0. The molecule has 0 saturated carbocycles. The molecule has 0 amide bonds. The Balaban J connectivity index is 2.13. The van der Waals surface area contributed by atoms with Gasteiger partial charge in [-0.2, -0.15) is 0 Å². The topological polar surface area (TPSA) is 30.5 Å². The van der Waals surface area contributed by atoms with E-state index >= 15 is 0 Å². The van der Waals surface area contributed by atoms with Crippen molar-refractivity contribution < 1.29 is 13.9 Å². The van der Waals surface area contributed by atoms with Crippen LogP contribution in [0, 0.1) is 5.82 Å². The monoisotopic (exact) mass is 267 g/mol. The molecule has 2 atom stereocenters. The van der Waals surface area contributed by atoms with Gasteiger partial charge in [-0.05, 0) is 44.5 Å². The van der Waals surface area contributed by atoms with Gasteiger partial charge in [0, 0.05) is 18.2 Å². The summed E-state index contributed by atoms with van der Waals surface area (Å²) in [5.41, 5.74) is 0.868. The highest BCUT2D eigenvalue weighted by Crippen LogP contribution is 2.28. The minimum absolute atomic E-state index is 0.0696. The molecule has 1 N–H and O–H groups in total. The molecule has 0 radical (unpaired) electrons. The molecule has 1 aromatic carbocycles. The number of hydrogen-bond acceptors (Lipinski definition) is 3. The zero-order valence-corrected chi connectivity index (χ0v) is 11.6. The zero-order valence-electron chi connectivity index (χ0n) is 11.6. The first-order valence-electron chi connectivity index (χ1n) is 6.98. The van der Waals surface area contributed by atoms with Gasteiger partial charge in [0.25, 0.3) is 0 Å². The van der Waals surface area contributed by atoms with Crippen molar-refractivity contribution in [1.29, 1.82) is 0 Å². The van der Waals surface area contributed by atoms with Crippen molar-refractivity contribution in [3.05, 3.63) is 29.6 Å². The van der Waals surface area contributed by atoms with Crippen LogP contribution in [0.2, 0.25) is 0 Å². The molecule has 2 rings (SSSR count). The van der Waals surface area contributed by atoms with E-state index in [1.165, 1.54) is 6.07 Å². The van der Waals surface area contributed by atoms with Gasteiger partial charge in [-0.25, -0.2) is 4.39 Å². The van der Waals surface area contributed by atoms with Gasteiger partial charge in [0.05, 0.1) is 6.61 Å². The van der Waals surface area contributed by atoms with Crippen LogP contribution in [0.1, 0.15) is 38.3 Å². The Bertz CT molecular complexity index is 405. The minimum Gasteiger partial charge on any atom is -0.488 e. The third kappa shape index (κ3) is 3.91. The number of benzene rings is 1. The van der Waals surface area contributed by atoms with Crippen LogP contribution in [0.25, 0.3) is 0 Å². The number of halogens is 1. The van der Waals surface area contributed by atoms with Crippen molar-refractivity contribution in [1.82, 2.24) is 5.32 Å². The van der Waals surface area contributed by atoms with Gasteiger partial charge < -0.3 is 14.8 Å². The standard InChI is InChI=1S/C15H22FNO2/c1-3-17-11(2)14-9-12(16)6-7-15(14)19-13-5-4-8-18-10-13/h6-7,9,11,13,17H,3-5,8,10H2,1-2H3. The molecule has 1 aromatic rings. The second kappa shape index (κ2) is 6.87. The molecule has 1 saturated heterocycles. The number of ether oxygens (including phenoxy) is 2. The summed E-state index contributed by atoms with van der Waals surface area (Å²) < 4.78 is 24.8. The highest BCUT2D eigenvalue weighted by Gasteiger charge is 2.19. The van der Waals surface area contributed by atoms with E-state index in [0.29, 0.717) is 6.61 Å². The van der Waals surface area contributed by atoms with E-state index in [2.05, 4.69) is 5.32 Å². The molecule has 19 heavy (non-hydrogen) atoms. The summed E-state index contributed by atoms with van der Waals surface area (Å²) in [6.45, 7) is 6.31. The van der Waals surface area contributed by atoms with E-state index in [0.717, 1.165) is 37.3 Å². The Hall–Kier alpha value is -1.13. The van der Waals surface area contributed by atoms with E-state index < -0.39 is 0 Å². The lowest BCUT2D eigenvalue weighted by Crippen LogP contribution is -2.29. The first-order chi connectivity index (χ1) is 9.20. The average Bonchev–Trinajstić information content (AvgIpc) is 2.42. The van der Waals surface area contributed by atoms with Crippen LogP contribution in [0.3, 0.4) is 0 Å².